The van der Waals surface area contributed by atoms with Gasteiger partial charge in [-0.2, -0.15) is 0 Å². The van der Waals surface area contributed by atoms with Gasteiger partial charge in [0.05, 0.1) is 5.57 Å². The lowest BCUT2D eigenvalue weighted by molar-refractivity contribution is -0.110. The molecule has 1 saturated heterocycles. The second kappa shape index (κ2) is 8.01. The summed E-state index contributed by atoms with van der Waals surface area (Å²) < 4.78 is 0. The van der Waals surface area contributed by atoms with Gasteiger partial charge in [-0.25, -0.2) is 0 Å². The number of hydrogen-bond donors (Lipinski definition) is 4. The number of aromatic nitrogens is 1. The van der Waals surface area contributed by atoms with E-state index in [1.807, 2.05) is 24.3 Å². The molecule has 0 saturated carbocycles. The van der Waals surface area contributed by atoms with Crippen LogP contribution < -0.4 is 10.6 Å². The van der Waals surface area contributed by atoms with Gasteiger partial charge in [0, 0.05) is 59.3 Å². The number of amides is 1. The van der Waals surface area contributed by atoms with E-state index in [0.717, 1.165) is 47.9 Å². The lowest BCUT2D eigenvalue weighted by atomic mass is 10.0. The molecule has 0 radical (unpaired) electrons. The summed E-state index contributed by atoms with van der Waals surface area (Å²) in [6, 6.07) is 6.79. The fourth-order valence-corrected chi connectivity index (χ4v) is 4.71. The number of thiol groups is 1. The van der Waals surface area contributed by atoms with Gasteiger partial charge < -0.3 is 15.6 Å². The Bertz CT molecular complexity index is 977. The highest BCUT2D eigenvalue weighted by Gasteiger charge is 2.25. The zero-order valence-corrected chi connectivity index (χ0v) is 18.5. The molecule has 29 heavy (non-hydrogen) atoms. The monoisotopic (exact) mass is 410 g/mol. The maximum atomic E-state index is 12.5. The summed E-state index contributed by atoms with van der Waals surface area (Å²) >= 11 is 4.43. The SMILES string of the molecule is Cc1[nH]c(/C=C2\C(=O)Nc3ccc(S)cc32)c(C)c1CN1CCC(C)N[C@@H](C)C1. The van der Waals surface area contributed by atoms with Crippen LogP contribution >= 0.6 is 12.6 Å². The summed E-state index contributed by atoms with van der Waals surface area (Å²) in [6.45, 7) is 11.9. The maximum absolute atomic E-state index is 12.5. The molecule has 154 valence electrons. The molecule has 1 unspecified atom stereocenters. The molecule has 2 aromatic rings. The Labute approximate surface area is 178 Å². The average molecular weight is 411 g/mol. The molecule has 5 nitrogen and oxygen atoms in total. The van der Waals surface area contributed by atoms with E-state index in [1.165, 1.54) is 16.8 Å². The van der Waals surface area contributed by atoms with Crippen molar-refractivity contribution < 1.29 is 4.79 Å². The van der Waals surface area contributed by atoms with Crippen LogP contribution in [0.5, 0.6) is 0 Å². The average Bonchev–Trinajstić information content (AvgIpc) is 3.02. The summed E-state index contributed by atoms with van der Waals surface area (Å²) in [7, 11) is 0. The van der Waals surface area contributed by atoms with Gasteiger partial charge in [-0.15, -0.1) is 12.6 Å². The standard InChI is InChI=1S/C23H30N4OS/c1-13-7-8-27(11-14(2)24-13)12-20-15(3)22(25-16(20)4)10-19-18-9-17(29)5-6-21(18)26-23(19)28/h5-6,9-10,13-14,24-25,29H,7-8,11-12H2,1-4H3,(H,26,28)/b19-10-/t13?,14-/m0/s1. The maximum Gasteiger partial charge on any atom is 0.256 e. The number of anilines is 1. The Balaban J connectivity index is 1.62. The van der Waals surface area contributed by atoms with Crippen LogP contribution in [0.1, 0.15) is 48.3 Å². The van der Waals surface area contributed by atoms with Crippen molar-refractivity contribution in [1.29, 1.82) is 0 Å². The van der Waals surface area contributed by atoms with Crippen LogP contribution in [0.2, 0.25) is 0 Å². The van der Waals surface area contributed by atoms with Crippen molar-refractivity contribution in [3.63, 3.8) is 0 Å². The first-order valence-corrected chi connectivity index (χ1v) is 10.8. The van der Waals surface area contributed by atoms with Crippen LogP contribution in [0, 0.1) is 13.8 Å². The molecule has 1 aromatic heterocycles. The van der Waals surface area contributed by atoms with E-state index >= 15 is 0 Å². The first-order chi connectivity index (χ1) is 13.8. The van der Waals surface area contributed by atoms with E-state index in [9.17, 15) is 4.79 Å². The number of carbonyl (C=O) groups excluding carboxylic acids is 1. The molecule has 6 heteroatoms. The van der Waals surface area contributed by atoms with Crippen molar-refractivity contribution in [3.05, 3.63) is 46.3 Å². The highest BCUT2D eigenvalue weighted by Crippen LogP contribution is 2.35. The molecule has 1 aromatic carbocycles. The van der Waals surface area contributed by atoms with Crippen LogP contribution in [0.25, 0.3) is 11.6 Å². The third-order valence-electron chi connectivity index (χ3n) is 6.07. The Morgan fingerprint density at radius 2 is 2.03 bits per heavy atom. The molecule has 1 fully saturated rings. The van der Waals surface area contributed by atoms with Gasteiger partial charge in [0.25, 0.3) is 5.91 Å². The van der Waals surface area contributed by atoms with E-state index < -0.39 is 0 Å². The highest BCUT2D eigenvalue weighted by atomic mass is 32.1. The number of nitrogens with zero attached hydrogens (tertiary/aromatic N) is 1. The van der Waals surface area contributed by atoms with Crippen LogP contribution in [0.4, 0.5) is 5.69 Å². The van der Waals surface area contributed by atoms with E-state index in [4.69, 9.17) is 0 Å². The highest BCUT2D eigenvalue weighted by molar-refractivity contribution is 7.80. The molecule has 2 aliphatic heterocycles. The minimum absolute atomic E-state index is 0.0615. The van der Waals surface area contributed by atoms with E-state index in [-0.39, 0.29) is 5.91 Å². The van der Waals surface area contributed by atoms with E-state index in [1.54, 1.807) is 0 Å². The third-order valence-corrected chi connectivity index (χ3v) is 6.35. The Hall–Kier alpha value is -2.02. The zero-order valence-electron chi connectivity index (χ0n) is 17.6. The van der Waals surface area contributed by atoms with Crippen molar-refractivity contribution in [2.45, 2.75) is 57.6 Å². The Morgan fingerprint density at radius 1 is 1.24 bits per heavy atom. The normalized spacial score (nSPS) is 23.9. The topological polar surface area (TPSA) is 60.2 Å². The van der Waals surface area contributed by atoms with Gasteiger partial charge in [0.2, 0.25) is 0 Å². The molecular formula is C23H30N4OS. The molecule has 0 bridgehead atoms. The van der Waals surface area contributed by atoms with E-state index in [2.05, 4.69) is 60.8 Å². The molecule has 3 N–H and O–H groups in total. The van der Waals surface area contributed by atoms with Crippen molar-refractivity contribution in [2.75, 3.05) is 18.4 Å². The predicted octanol–water partition coefficient (Wildman–Crippen LogP) is 3.99. The molecule has 2 aliphatic rings. The van der Waals surface area contributed by atoms with Crippen LogP contribution in [-0.4, -0.2) is 41.0 Å². The number of aryl methyl sites for hydroxylation is 1. The van der Waals surface area contributed by atoms with Crippen LogP contribution in [0.15, 0.2) is 23.1 Å². The molecule has 0 spiro atoms. The number of carbonyl (C=O) groups is 1. The lowest BCUT2D eigenvalue weighted by Crippen LogP contribution is -2.37. The second-order valence-corrected chi connectivity index (χ2v) is 9.02. The summed E-state index contributed by atoms with van der Waals surface area (Å²) in [5, 5.41) is 6.60. The number of benzene rings is 1. The number of nitrogens with one attached hydrogen (secondary N) is 3. The van der Waals surface area contributed by atoms with Gasteiger partial charge in [-0.3, -0.25) is 9.69 Å². The van der Waals surface area contributed by atoms with Gasteiger partial charge in [0.15, 0.2) is 0 Å². The van der Waals surface area contributed by atoms with Crippen molar-refractivity contribution in [2.24, 2.45) is 0 Å². The number of fused-ring (bicyclic) bond motifs is 1. The largest absolute Gasteiger partial charge is 0.359 e. The van der Waals surface area contributed by atoms with Gasteiger partial charge in [-0.1, -0.05) is 0 Å². The van der Waals surface area contributed by atoms with Gasteiger partial charge in [0.1, 0.15) is 0 Å². The first kappa shape index (κ1) is 20.3. The number of rotatable bonds is 3. The fourth-order valence-electron chi connectivity index (χ4n) is 4.50. The number of hydrogen-bond acceptors (Lipinski definition) is 4. The number of H-pyrrole nitrogens is 1. The van der Waals surface area contributed by atoms with Gasteiger partial charge in [-0.05, 0) is 69.5 Å². The molecule has 4 rings (SSSR count). The predicted molar refractivity (Wildman–Crippen MR) is 122 cm³/mol. The van der Waals surface area contributed by atoms with Crippen molar-refractivity contribution >= 4 is 35.9 Å². The second-order valence-electron chi connectivity index (χ2n) is 8.50. The summed E-state index contributed by atoms with van der Waals surface area (Å²) in [5.74, 6) is -0.0615. The minimum Gasteiger partial charge on any atom is -0.359 e. The van der Waals surface area contributed by atoms with Gasteiger partial charge >= 0.3 is 0 Å². The minimum atomic E-state index is -0.0615. The molecule has 1 amide bonds. The fraction of sp³-hybridized carbons (Fsp3) is 0.435. The molecule has 0 aliphatic carbocycles. The summed E-state index contributed by atoms with van der Waals surface area (Å²) in [5.41, 5.74) is 7.19. The zero-order chi connectivity index (χ0) is 20.7. The number of aromatic amines is 1. The van der Waals surface area contributed by atoms with Crippen LogP contribution in [0.3, 0.4) is 0 Å². The first-order valence-electron chi connectivity index (χ1n) is 10.3. The third kappa shape index (κ3) is 4.15. The summed E-state index contributed by atoms with van der Waals surface area (Å²) in [4.78, 5) is 19.4. The Kier molecular flexibility index (Phi) is 5.60. The van der Waals surface area contributed by atoms with Crippen molar-refractivity contribution in [3.8, 4) is 0 Å². The molecule has 3 heterocycles. The summed E-state index contributed by atoms with van der Waals surface area (Å²) in [6.07, 6.45) is 3.14. The molecule has 2 atom stereocenters. The molecular weight excluding hydrogens is 380 g/mol. The van der Waals surface area contributed by atoms with Crippen molar-refractivity contribution in [1.82, 2.24) is 15.2 Å². The quantitative estimate of drug-likeness (QED) is 0.457. The van der Waals surface area contributed by atoms with Crippen LogP contribution in [-0.2, 0) is 11.3 Å². The lowest BCUT2D eigenvalue weighted by Gasteiger charge is -2.22. The Morgan fingerprint density at radius 3 is 2.83 bits per heavy atom. The smallest absolute Gasteiger partial charge is 0.256 e. The van der Waals surface area contributed by atoms with E-state index in [0.29, 0.717) is 17.7 Å².